The summed E-state index contributed by atoms with van der Waals surface area (Å²) in [6.07, 6.45) is 5.81. The van der Waals surface area contributed by atoms with Crippen molar-refractivity contribution in [3.63, 3.8) is 0 Å². The highest BCUT2D eigenvalue weighted by atomic mass is 16.2. The van der Waals surface area contributed by atoms with Gasteiger partial charge in [-0.3, -0.25) is 9.59 Å². The van der Waals surface area contributed by atoms with E-state index in [1.54, 1.807) is 11.9 Å². The van der Waals surface area contributed by atoms with Crippen LogP contribution in [0.15, 0.2) is 0 Å². The Morgan fingerprint density at radius 2 is 1.87 bits per heavy atom. The molecule has 1 N–H and O–H groups in total. The number of hydrogen-bond donors (Lipinski definition) is 1. The number of amides is 2. The summed E-state index contributed by atoms with van der Waals surface area (Å²) in [5.41, 5.74) is 0. The van der Waals surface area contributed by atoms with Crippen molar-refractivity contribution < 1.29 is 9.59 Å². The fourth-order valence-electron chi connectivity index (χ4n) is 2.70. The number of nitrogens with zero attached hydrogens (tertiary/aromatic N) is 1. The highest BCUT2D eigenvalue weighted by Gasteiger charge is 2.37. The van der Waals surface area contributed by atoms with E-state index in [4.69, 9.17) is 0 Å². The number of rotatable bonds is 1. The van der Waals surface area contributed by atoms with Crippen molar-refractivity contribution >= 4 is 11.8 Å². The summed E-state index contributed by atoms with van der Waals surface area (Å²) in [6.45, 7) is 0.165. The Kier molecular flexibility index (Phi) is 2.93. The van der Waals surface area contributed by atoms with Crippen molar-refractivity contribution in [3.8, 4) is 0 Å². The fraction of sp³-hybridized carbons (Fsp3) is 0.818. The van der Waals surface area contributed by atoms with Crippen LogP contribution in [0.25, 0.3) is 0 Å². The minimum atomic E-state index is -0.216. The zero-order valence-electron chi connectivity index (χ0n) is 9.16. The van der Waals surface area contributed by atoms with Crippen LogP contribution in [0.2, 0.25) is 0 Å². The van der Waals surface area contributed by atoms with Crippen LogP contribution in [0.4, 0.5) is 0 Å². The standard InChI is InChI=1S/C11H18N2O2/c1-13-9(14)7-12-11(15)10(13)8-5-3-2-4-6-8/h8,10H,2-7H2,1H3,(H,12,15). The Labute approximate surface area is 90.0 Å². The quantitative estimate of drug-likeness (QED) is 0.686. The molecule has 1 aliphatic heterocycles. The molecule has 2 fully saturated rings. The minimum Gasteiger partial charge on any atom is -0.345 e. The maximum atomic E-state index is 11.7. The molecule has 2 aliphatic rings. The van der Waals surface area contributed by atoms with Gasteiger partial charge in [0.25, 0.3) is 0 Å². The molecule has 1 saturated carbocycles. The van der Waals surface area contributed by atoms with Crippen LogP contribution < -0.4 is 5.32 Å². The molecule has 0 radical (unpaired) electrons. The summed E-state index contributed by atoms with van der Waals surface area (Å²) >= 11 is 0. The first-order valence-electron chi connectivity index (χ1n) is 5.73. The van der Waals surface area contributed by atoms with E-state index < -0.39 is 0 Å². The molecule has 84 valence electrons. The molecule has 1 aliphatic carbocycles. The first-order chi connectivity index (χ1) is 7.20. The third-order valence-electron chi connectivity index (χ3n) is 3.59. The van der Waals surface area contributed by atoms with Gasteiger partial charge < -0.3 is 10.2 Å². The van der Waals surface area contributed by atoms with Crippen molar-refractivity contribution in [1.82, 2.24) is 10.2 Å². The Bertz CT molecular complexity index is 272. The molecule has 1 unspecified atom stereocenters. The largest absolute Gasteiger partial charge is 0.345 e. The molecule has 2 amide bonds. The summed E-state index contributed by atoms with van der Waals surface area (Å²) in [4.78, 5) is 24.9. The summed E-state index contributed by atoms with van der Waals surface area (Å²) in [5, 5.41) is 2.68. The van der Waals surface area contributed by atoms with Gasteiger partial charge in [-0.25, -0.2) is 0 Å². The average Bonchev–Trinajstić information content (AvgIpc) is 2.26. The molecule has 4 nitrogen and oxygen atoms in total. The van der Waals surface area contributed by atoms with E-state index in [0.29, 0.717) is 5.92 Å². The van der Waals surface area contributed by atoms with E-state index in [9.17, 15) is 9.59 Å². The number of carbonyl (C=O) groups excluding carboxylic acids is 2. The van der Waals surface area contributed by atoms with Gasteiger partial charge in [0.05, 0.1) is 6.54 Å². The maximum absolute atomic E-state index is 11.7. The lowest BCUT2D eigenvalue weighted by atomic mass is 9.82. The van der Waals surface area contributed by atoms with Crippen molar-refractivity contribution in [2.45, 2.75) is 38.1 Å². The van der Waals surface area contributed by atoms with E-state index in [-0.39, 0.29) is 24.4 Å². The summed E-state index contributed by atoms with van der Waals surface area (Å²) in [7, 11) is 1.75. The van der Waals surface area contributed by atoms with Crippen molar-refractivity contribution in [2.75, 3.05) is 13.6 Å². The Hall–Kier alpha value is -1.06. The van der Waals surface area contributed by atoms with Gasteiger partial charge in [-0.05, 0) is 18.8 Å². The molecule has 1 saturated heterocycles. The molecule has 0 aromatic heterocycles. The van der Waals surface area contributed by atoms with Crippen LogP contribution in [0.3, 0.4) is 0 Å². The van der Waals surface area contributed by atoms with Crippen LogP contribution in [-0.2, 0) is 9.59 Å². The zero-order chi connectivity index (χ0) is 10.8. The lowest BCUT2D eigenvalue weighted by molar-refractivity contribution is -0.146. The molecule has 0 spiro atoms. The molecular weight excluding hydrogens is 192 g/mol. The Morgan fingerprint density at radius 1 is 1.20 bits per heavy atom. The summed E-state index contributed by atoms with van der Waals surface area (Å²) in [5.74, 6) is 0.433. The van der Waals surface area contributed by atoms with Crippen molar-refractivity contribution in [2.24, 2.45) is 5.92 Å². The van der Waals surface area contributed by atoms with E-state index in [1.165, 1.54) is 19.3 Å². The Morgan fingerprint density at radius 3 is 2.53 bits per heavy atom. The van der Waals surface area contributed by atoms with Gasteiger partial charge in [0.1, 0.15) is 6.04 Å². The lowest BCUT2D eigenvalue weighted by Crippen LogP contribution is -2.59. The predicted octanol–water partition coefficient (Wildman–Crippen LogP) is 0.523. The number of nitrogens with one attached hydrogen (secondary N) is 1. The number of likely N-dealkylation sites (N-methyl/N-ethyl adjacent to an activating group) is 1. The second-order valence-corrected chi connectivity index (χ2v) is 4.57. The van der Waals surface area contributed by atoms with Crippen LogP contribution in [0.5, 0.6) is 0 Å². The highest BCUT2D eigenvalue weighted by Crippen LogP contribution is 2.29. The predicted molar refractivity (Wildman–Crippen MR) is 56.1 cm³/mol. The van der Waals surface area contributed by atoms with E-state index >= 15 is 0 Å². The monoisotopic (exact) mass is 210 g/mol. The zero-order valence-corrected chi connectivity index (χ0v) is 9.16. The first-order valence-corrected chi connectivity index (χ1v) is 5.73. The smallest absolute Gasteiger partial charge is 0.243 e. The fourth-order valence-corrected chi connectivity index (χ4v) is 2.70. The van der Waals surface area contributed by atoms with Crippen LogP contribution in [-0.4, -0.2) is 36.3 Å². The molecule has 1 atom stereocenters. The van der Waals surface area contributed by atoms with Crippen molar-refractivity contribution in [3.05, 3.63) is 0 Å². The Balaban J connectivity index is 2.09. The van der Waals surface area contributed by atoms with Crippen molar-refractivity contribution in [1.29, 1.82) is 0 Å². The average molecular weight is 210 g/mol. The van der Waals surface area contributed by atoms with Gasteiger partial charge in [0.2, 0.25) is 11.8 Å². The topological polar surface area (TPSA) is 49.4 Å². The molecule has 2 rings (SSSR count). The van der Waals surface area contributed by atoms with Crippen LogP contribution in [0, 0.1) is 5.92 Å². The number of carbonyl (C=O) groups is 2. The highest BCUT2D eigenvalue weighted by molar-refractivity contribution is 5.94. The SMILES string of the molecule is CN1C(=O)CNC(=O)C1C1CCCCC1. The number of piperazine rings is 1. The van der Waals surface area contributed by atoms with E-state index in [0.717, 1.165) is 12.8 Å². The van der Waals surface area contributed by atoms with Gasteiger partial charge in [0, 0.05) is 7.05 Å². The maximum Gasteiger partial charge on any atom is 0.243 e. The van der Waals surface area contributed by atoms with Gasteiger partial charge in [0.15, 0.2) is 0 Å². The lowest BCUT2D eigenvalue weighted by Gasteiger charge is -2.38. The first kappa shape index (κ1) is 10.5. The molecule has 4 heteroatoms. The third-order valence-corrected chi connectivity index (χ3v) is 3.59. The van der Waals surface area contributed by atoms with Gasteiger partial charge in [-0.2, -0.15) is 0 Å². The molecule has 1 heterocycles. The van der Waals surface area contributed by atoms with Crippen LogP contribution >= 0.6 is 0 Å². The number of hydrogen-bond acceptors (Lipinski definition) is 2. The molecular formula is C11H18N2O2. The second-order valence-electron chi connectivity index (χ2n) is 4.57. The van der Waals surface area contributed by atoms with Crippen LogP contribution in [0.1, 0.15) is 32.1 Å². The normalized spacial score (nSPS) is 29.1. The third kappa shape index (κ3) is 1.98. The van der Waals surface area contributed by atoms with E-state index in [2.05, 4.69) is 5.32 Å². The minimum absolute atomic E-state index is 0.0315. The van der Waals surface area contributed by atoms with Gasteiger partial charge in [-0.15, -0.1) is 0 Å². The molecule has 0 aromatic rings. The second kappa shape index (κ2) is 4.21. The molecule has 0 aromatic carbocycles. The van der Waals surface area contributed by atoms with Gasteiger partial charge in [-0.1, -0.05) is 19.3 Å². The van der Waals surface area contributed by atoms with E-state index in [1.807, 2.05) is 0 Å². The molecule has 0 bridgehead atoms. The molecule has 15 heavy (non-hydrogen) atoms. The van der Waals surface area contributed by atoms with Gasteiger partial charge >= 0.3 is 0 Å². The summed E-state index contributed by atoms with van der Waals surface area (Å²) in [6, 6.07) is -0.216. The summed E-state index contributed by atoms with van der Waals surface area (Å²) < 4.78 is 0.